The number of aliphatic hydroxyl groups excluding tert-OH is 1. The average molecular weight is 103 g/mol. The second kappa shape index (κ2) is 2.28. The first-order chi connectivity index (χ1) is 3.12. The third-order valence-corrected chi connectivity index (χ3v) is 0.772. The van der Waals surface area contributed by atoms with Gasteiger partial charge in [-0.1, -0.05) is 0 Å². The molecule has 0 saturated heterocycles. The van der Waals surface area contributed by atoms with E-state index in [2.05, 4.69) is 11.8 Å². The molecule has 0 unspecified atom stereocenters. The van der Waals surface area contributed by atoms with Gasteiger partial charge in [-0.2, -0.15) is 0 Å². The number of ether oxygens (including phenoxy) is 1. The molecule has 0 amide bonds. The van der Waals surface area contributed by atoms with Crippen LogP contribution in [-0.4, -0.2) is 17.3 Å². The monoisotopic (exact) mass is 103 g/mol. The fourth-order valence-electron chi connectivity index (χ4n) is 0.0456. The lowest BCUT2D eigenvalue weighted by atomic mass is 10.2. The lowest BCUT2D eigenvalue weighted by Gasteiger charge is -2.17. The molecule has 0 aromatic carbocycles. The van der Waals surface area contributed by atoms with Crippen LogP contribution in [-0.2, 0) is 4.74 Å². The SMILES string of the molecule is [CH2]OC(C)(C)CO. The fraction of sp³-hybridized carbons (Fsp3) is 0.800. The van der Waals surface area contributed by atoms with Crippen LogP contribution >= 0.6 is 0 Å². The summed E-state index contributed by atoms with van der Waals surface area (Å²) in [5, 5.41) is 8.43. The lowest BCUT2D eigenvalue weighted by Crippen LogP contribution is -2.25. The van der Waals surface area contributed by atoms with Gasteiger partial charge in [0.1, 0.15) is 0 Å². The molecule has 0 aromatic heterocycles. The zero-order valence-electron chi connectivity index (χ0n) is 4.77. The van der Waals surface area contributed by atoms with Crippen molar-refractivity contribution in [3.8, 4) is 0 Å². The van der Waals surface area contributed by atoms with Gasteiger partial charge in [-0.05, 0) is 13.8 Å². The highest BCUT2D eigenvalue weighted by Crippen LogP contribution is 2.04. The maximum Gasteiger partial charge on any atom is 0.0857 e. The van der Waals surface area contributed by atoms with Crippen LogP contribution in [0.5, 0.6) is 0 Å². The van der Waals surface area contributed by atoms with E-state index >= 15 is 0 Å². The minimum Gasteiger partial charge on any atom is -0.393 e. The van der Waals surface area contributed by atoms with Crippen LogP contribution in [0.25, 0.3) is 0 Å². The fourth-order valence-corrected chi connectivity index (χ4v) is 0.0456. The van der Waals surface area contributed by atoms with E-state index in [4.69, 9.17) is 5.11 Å². The van der Waals surface area contributed by atoms with Crippen molar-refractivity contribution in [2.45, 2.75) is 19.4 Å². The standard InChI is InChI=1S/C5H11O2/c1-5(2,4-6)7-3/h6H,3-4H2,1-2H3. The van der Waals surface area contributed by atoms with Gasteiger partial charge in [0.05, 0.1) is 19.3 Å². The summed E-state index contributed by atoms with van der Waals surface area (Å²) >= 11 is 0. The minimum atomic E-state index is -0.472. The number of aliphatic hydroxyl groups is 1. The average Bonchev–Trinajstić information content (AvgIpc) is 1.68. The van der Waals surface area contributed by atoms with Crippen LogP contribution < -0.4 is 0 Å². The molecule has 1 N–H and O–H groups in total. The van der Waals surface area contributed by atoms with E-state index in [1.165, 1.54) is 0 Å². The Morgan fingerprint density at radius 3 is 2.14 bits per heavy atom. The van der Waals surface area contributed by atoms with E-state index < -0.39 is 5.60 Å². The van der Waals surface area contributed by atoms with E-state index in [9.17, 15) is 0 Å². The molecule has 0 bridgehead atoms. The van der Waals surface area contributed by atoms with Gasteiger partial charge in [-0.3, -0.25) is 0 Å². The predicted molar refractivity (Wildman–Crippen MR) is 27.6 cm³/mol. The highest BCUT2D eigenvalue weighted by Gasteiger charge is 2.12. The molecule has 0 aliphatic carbocycles. The zero-order valence-corrected chi connectivity index (χ0v) is 4.77. The molecular weight excluding hydrogens is 92.1 g/mol. The highest BCUT2D eigenvalue weighted by atomic mass is 16.5. The molecule has 0 fully saturated rings. The summed E-state index contributed by atoms with van der Waals surface area (Å²) < 4.78 is 4.59. The van der Waals surface area contributed by atoms with Crippen molar-refractivity contribution in [2.24, 2.45) is 0 Å². The van der Waals surface area contributed by atoms with E-state index in [1.54, 1.807) is 13.8 Å². The van der Waals surface area contributed by atoms with Gasteiger partial charge in [0.2, 0.25) is 0 Å². The number of hydrogen-bond donors (Lipinski definition) is 1. The Morgan fingerprint density at radius 2 is 2.14 bits per heavy atom. The Balaban J connectivity index is 3.36. The van der Waals surface area contributed by atoms with Crippen molar-refractivity contribution in [1.29, 1.82) is 0 Å². The third kappa shape index (κ3) is 2.60. The summed E-state index contributed by atoms with van der Waals surface area (Å²) in [7, 11) is 3.17. The quantitative estimate of drug-likeness (QED) is 0.553. The molecule has 1 radical (unpaired) electrons. The van der Waals surface area contributed by atoms with E-state index in [0.29, 0.717) is 0 Å². The van der Waals surface area contributed by atoms with Crippen LogP contribution in [0, 0.1) is 7.11 Å². The summed E-state index contributed by atoms with van der Waals surface area (Å²) in [5.41, 5.74) is -0.472. The maximum atomic E-state index is 8.43. The first-order valence-electron chi connectivity index (χ1n) is 2.16. The van der Waals surface area contributed by atoms with Crippen LogP contribution in [0.4, 0.5) is 0 Å². The van der Waals surface area contributed by atoms with Gasteiger partial charge in [-0.25, -0.2) is 0 Å². The molecule has 0 aliphatic heterocycles. The molecule has 7 heavy (non-hydrogen) atoms. The van der Waals surface area contributed by atoms with E-state index in [1.807, 2.05) is 0 Å². The lowest BCUT2D eigenvalue weighted by molar-refractivity contribution is -0.000411. The molecule has 0 rings (SSSR count). The normalized spacial score (nSPS) is 12.0. The van der Waals surface area contributed by atoms with Crippen molar-refractivity contribution in [3.63, 3.8) is 0 Å². The molecule has 2 heteroatoms. The van der Waals surface area contributed by atoms with Crippen LogP contribution in [0.2, 0.25) is 0 Å². The first kappa shape index (κ1) is 6.92. The highest BCUT2D eigenvalue weighted by molar-refractivity contribution is 4.64. The molecule has 0 saturated carbocycles. The molecule has 0 spiro atoms. The predicted octanol–water partition coefficient (Wildman–Crippen LogP) is 0.565. The molecular formula is C5H11O2. The first-order valence-corrected chi connectivity index (χ1v) is 2.16. The zero-order chi connectivity index (χ0) is 5.91. The van der Waals surface area contributed by atoms with Gasteiger partial charge >= 0.3 is 0 Å². The second-order valence-electron chi connectivity index (χ2n) is 2.06. The van der Waals surface area contributed by atoms with E-state index in [0.717, 1.165) is 0 Å². The molecule has 0 heterocycles. The van der Waals surface area contributed by atoms with Crippen molar-refractivity contribution >= 4 is 0 Å². The van der Waals surface area contributed by atoms with Crippen molar-refractivity contribution in [3.05, 3.63) is 7.11 Å². The Morgan fingerprint density at radius 1 is 1.71 bits per heavy atom. The number of hydrogen-bond acceptors (Lipinski definition) is 2. The largest absolute Gasteiger partial charge is 0.393 e. The Labute approximate surface area is 44.1 Å². The van der Waals surface area contributed by atoms with Crippen molar-refractivity contribution < 1.29 is 9.84 Å². The van der Waals surface area contributed by atoms with Crippen LogP contribution in [0.15, 0.2) is 0 Å². The number of rotatable bonds is 2. The molecule has 2 nitrogen and oxygen atoms in total. The van der Waals surface area contributed by atoms with Gasteiger partial charge in [0, 0.05) is 0 Å². The Hall–Kier alpha value is -0.0800. The molecule has 0 atom stereocenters. The Kier molecular flexibility index (Phi) is 2.26. The smallest absolute Gasteiger partial charge is 0.0857 e. The van der Waals surface area contributed by atoms with Crippen molar-refractivity contribution in [2.75, 3.05) is 6.61 Å². The van der Waals surface area contributed by atoms with Crippen LogP contribution in [0.3, 0.4) is 0 Å². The molecule has 0 aromatic rings. The summed E-state index contributed by atoms with van der Waals surface area (Å²) in [5.74, 6) is 0. The third-order valence-electron chi connectivity index (χ3n) is 0.772. The second-order valence-corrected chi connectivity index (χ2v) is 2.06. The topological polar surface area (TPSA) is 29.5 Å². The van der Waals surface area contributed by atoms with Gasteiger partial charge in [0.25, 0.3) is 0 Å². The Bertz CT molecular complexity index is 44.0. The summed E-state index contributed by atoms with van der Waals surface area (Å²) in [6.07, 6.45) is 0. The van der Waals surface area contributed by atoms with Gasteiger partial charge in [-0.15, -0.1) is 0 Å². The maximum absolute atomic E-state index is 8.43. The summed E-state index contributed by atoms with van der Waals surface area (Å²) in [4.78, 5) is 0. The molecule has 0 aliphatic rings. The molecule has 43 valence electrons. The van der Waals surface area contributed by atoms with Crippen molar-refractivity contribution in [1.82, 2.24) is 0 Å². The van der Waals surface area contributed by atoms with Gasteiger partial charge in [0.15, 0.2) is 0 Å². The summed E-state index contributed by atoms with van der Waals surface area (Å²) in [6, 6.07) is 0. The van der Waals surface area contributed by atoms with Crippen LogP contribution in [0.1, 0.15) is 13.8 Å². The minimum absolute atomic E-state index is 0.0104. The summed E-state index contributed by atoms with van der Waals surface area (Å²) in [6.45, 7) is 3.54. The van der Waals surface area contributed by atoms with Gasteiger partial charge < -0.3 is 9.84 Å². The van der Waals surface area contributed by atoms with E-state index in [-0.39, 0.29) is 6.61 Å².